The first-order valence-corrected chi connectivity index (χ1v) is 8.05. The average molecular weight is 307 g/mol. The van der Waals surface area contributed by atoms with E-state index in [1.807, 2.05) is 19.1 Å². The van der Waals surface area contributed by atoms with Crippen molar-refractivity contribution in [2.45, 2.75) is 51.2 Å². The molecule has 0 saturated carbocycles. The Morgan fingerprint density at radius 2 is 2.10 bits per heavy atom. The summed E-state index contributed by atoms with van der Waals surface area (Å²) in [5.41, 5.74) is 2.44. The summed E-state index contributed by atoms with van der Waals surface area (Å²) in [4.78, 5) is 20.0. The second-order valence-corrected chi connectivity index (χ2v) is 6.71. The first kappa shape index (κ1) is 15.8. The van der Waals surface area contributed by atoms with Gasteiger partial charge in [-0.05, 0) is 39.3 Å². The van der Waals surface area contributed by atoms with Crippen molar-refractivity contribution in [3.8, 4) is 0 Å². The lowest BCUT2D eigenvalue weighted by molar-refractivity contribution is -0.133. The number of thioether (sulfide) groups is 1. The molecule has 2 aromatic heterocycles. The number of imidazole rings is 1. The summed E-state index contributed by atoms with van der Waals surface area (Å²) in [5.74, 6) is -0.833. The van der Waals surface area contributed by atoms with Gasteiger partial charge in [0.25, 0.3) is 0 Å². The Morgan fingerprint density at radius 1 is 1.38 bits per heavy atom. The number of hydrogen-bond acceptors (Lipinski definition) is 4. The molecule has 6 heteroatoms. The lowest BCUT2D eigenvalue weighted by atomic mass is 9.99. The summed E-state index contributed by atoms with van der Waals surface area (Å²) >= 11 is 1.25. The fourth-order valence-electron chi connectivity index (χ4n) is 2.52. The minimum atomic E-state index is -0.837. The van der Waals surface area contributed by atoms with Crippen LogP contribution in [0.1, 0.15) is 39.3 Å². The van der Waals surface area contributed by atoms with Crippen molar-refractivity contribution in [1.29, 1.82) is 0 Å². The fraction of sp³-hybridized carbons (Fsp3) is 0.533. The normalized spacial score (nSPS) is 12.0. The Bertz CT molecular complexity index is 664. The number of rotatable bonds is 6. The molecular weight excluding hydrogens is 286 g/mol. The van der Waals surface area contributed by atoms with Crippen LogP contribution < -0.4 is 0 Å². The van der Waals surface area contributed by atoms with E-state index in [4.69, 9.17) is 5.11 Å². The van der Waals surface area contributed by atoms with Gasteiger partial charge in [-0.25, -0.2) is 9.97 Å². The molecule has 5 nitrogen and oxygen atoms in total. The highest BCUT2D eigenvalue weighted by molar-refractivity contribution is 7.99. The molecule has 0 unspecified atom stereocenters. The third-order valence-corrected chi connectivity index (χ3v) is 4.33. The zero-order valence-electron chi connectivity index (χ0n) is 12.9. The van der Waals surface area contributed by atoms with Crippen LogP contribution in [0.5, 0.6) is 0 Å². The monoisotopic (exact) mass is 307 g/mol. The Hall–Kier alpha value is -1.56. The molecule has 0 aliphatic heterocycles. The quantitative estimate of drug-likeness (QED) is 0.828. The molecule has 0 aliphatic rings. The predicted octanol–water partition coefficient (Wildman–Crippen LogP) is 3.45. The maximum atomic E-state index is 10.9. The van der Waals surface area contributed by atoms with Gasteiger partial charge in [0.15, 0.2) is 10.8 Å². The topological polar surface area (TPSA) is 68.0 Å². The standard InChI is InChI=1S/C15H21N3O2S/c1-5-8-15(3,4)18-13-11(7-6-10(2)16-13)17-14(18)21-9-12(19)20/h6-7H,5,8-9H2,1-4H3,(H,19,20). The van der Waals surface area contributed by atoms with Crippen LogP contribution in [-0.4, -0.2) is 31.4 Å². The molecule has 0 saturated heterocycles. The van der Waals surface area contributed by atoms with Crippen LogP contribution in [-0.2, 0) is 10.3 Å². The van der Waals surface area contributed by atoms with Crippen molar-refractivity contribution in [3.05, 3.63) is 17.8 Å². The number of aryl methyl sites for hydroxylation is 1. The maximum Gasteiger partial charge on any atom is 0.313 e. The smallest absolute Gasteiger partial charge is 0.313 e. The van der Waals surface area contributed by atoms with Gasteiger partial charge >= 0.3 is 5.97 Å². The Balaban J connectivity index is 2.58. The molecule has 0 bridgehead atoms. The SMILES string of the molecule is CCCC(C)(C)n1c(SCC(=O)O)nc2ccc(C)nc21. The Morgan fingerprint density at radius 3 is 2.71 bits per heavy atom. The number of pyridine rings is 1. The van der Waals surface area contributed by atoms with Crippen LogP contribution >= 0.6 is 11.8 Å². The van der Waals surface area contributed by atoms with Crippen LogP contribution in [0, 0.1) is 6.92 Å². The minimum absolute atomic E-state index is 0.00447. The van der Waals surface area contributed by atoms with Gasteiger partial charge in [0.05, 0.1) is 5.75 Å². The summed E-state index contributed by atoms with van der Waals surface area (Å²) < 4.78 is 2.09. The zero-order valence-corrected chi connectivity index (χ0v) is 13.7. The molecule has 0 radical (unpaired) electrons. The van der Waals surface area contributed by atoms with Gasteiger partial charge in [0.1, 0.15) is 5.52 Å². The lowest BCUT2D eigenvalue weighted by Crippen LogP contribution is -2.27. The number of fused-ring (bicyclic) bond motifs is 1. The summed E-state index contributed by atoms with van der Waals surface area (Å²) in [6.45, 7) is 8.39. The van der Waals surface area contributed by atoms with Crippen molar-refractivity contribution in [1.82, 2.24) is 14.5 Å². The van der Waals surface area contributed by atoms with E-state index in [1.54, 1.807) is 0 Å². The van der Waals surface area contributed by atoms with Crippen molar-refractivity contribution in [2.75, 3.05) is 5.75 Å². The van der Waals surface area contributed by atoms with E-state index in [0.717, 1.165) is 34.9 Å². The summed E-state index contributed by atoms with van der Waals surface area (Å²) in [6, 6.07) is 3.87. The van der Waals surface area contributed by atoms with Gasteiger partial charge < -0.3 is 5.11 Å². The number of aromatic nitrogens is 3. The fourth-order valence-corrected chi connectivity index (χ4v) is 3.40. The number of carboxylic acid groups (broad SMARTS) is 1. The molecule has 2 aromatic rings. The van der Waals surface area contributed by atoms with Crippen LogP contribution in [0.2, 0.25) is 0 Å². The van der Waals surface area contributed by atoms with E-state index in [2.05, 4.69) is 35.3 Å². The number of carbonyl (C=O) groups is 1. The molecule has 0 spiro atoms. The van der Waals surface area contributed by atoms with E-state index in [1.165, 1.54) is 11.8 Å². The highest BCUT2D eigenvalue weighted by Crippen LogP contribution is 2.32. The van der Waals surface area contributed by atoms with Crippen LogP contribution in [0.25, 0.3) is 11.2 Å². The Labute approximate surface area is 128 Å². The van der Waals surface area contributed by atoms with Crippen molar-refractivity contribution < 1.29 is 9.90 Å². The number of hydrogen-bond donors (Lipinski definition) is 1. The number of nitrogens with zero attached hydrogens (tertiary/aromatic N) is 3. The molecule has 0 aliphatic carbocycles. The van der Waals surface area contributed by atoms with Gasteiger partial charge in [-0.15, -0.1) is 0 Å². The number of aliphatic carboxylic acids is 1. The highest BCUT2D eigenvalue weighted by Gasteiger charge is 2.26. The first-order chi connectivity index (χ1) is 9.85. The second-order valence-electron chi connectivity index (χ2n) is 5.77. The largest absolute Gasteiger partial charge is 0.481 e. The van der Waals surface area contributed by atoms with Crippen molar-refractivity contribution >= 4 is 28.9 Å². The average Bonchev–Trinajstić information content (AvgIpc) is 2.74. The predicted molar refractivity (Wildman–Crippen MR) is 84.9 cm³/mol. The molecule has 2 heterocycles. The van der Waals surface area contributed by atoms with Crippen LogP contribution in [0.3, 0.4) is 0 Å². The molecule has 21 heavy (non-hydrogen) atoms. The molecular formula is C15H21N3O2S. The summed E-state index contributed by atoms with van der Waals surface area (Å²) in [7, 11) is 0. The van der Waals surface area contributed by atoms with E-state index >= 15 is 0 Å². The van der Waals surface area contributed by atoms with Gasteiger partial charge in [-0.1, -0.05) is 25.1 Å². The third-order valence-electron chi connectivity index (χ3n) is 3.40. The molecule has 0 aromatic carbocycles. The summed E-state index contributed by atoms with van der Waals surface area (Å²) in [5, 5.41) is 9.64. The van der Waals surface area contributed by atoms with Crippen LogP contribution in [0.4, 0.5) is 0 Å². The van der Waals surface area contributed by atoms with Crippen LogP contribution in [0.15, 0.2) is 17.3 Å². The van der Waals surface area contributed by atoms with Gasteiger partial charge in [-0.2, -0.15) is 0 Å². The number of carboxylic acids is 1. The lowest BCUT2D eigenvalue weighted by Gasteiger charge is -2.28. The third kappa shape index (κ3) is 3.37. The highest BCUT2D eigenvalue weighted by atomic mass is 32.2. The van der Waals surface area contributed by atoms with Gasteiger partial charge in [0, 0.05) is 11.2 Å². The molecule has 0 fully saturated rings. The maximum absolute atomic E-state index is 10.9. The van der Waals surface area contributed by atoms with E-state index in [9.17, 15) is 4.79 Å². The molecule has 114 valence electrons. The minimum Gasteiger partial charge on any atom is -0.481 e. The molecule has 0 atom stereocenters. The second kappa shape index (κ2) is 6.05. The molecule has 0 amide bonds. The van der Waals surface area contributed by atoms with Gasteiger partial charge in [-0.3, -0.25) is 9.36 Å². The van der Waals surface area contributed by atoms with Gasteiger partial charge in [0.2, 0.25) is 0 Å². The summed E-state index contributed by atoms with van der Waals surface area (Å²) in [6.07, 6.45) is 2.02. The molecule has 1 N–H and O–H groups in total. The molecule has 2 rings (SSSR count). The van der Waals surface area contributed by atoms with E-state index in [0.29, 0.717) is 0 Å². The van der Waals surface area contributed by atoms with Crippen molar-refractivity contribution in [2.24, 2.45) is 0 Å². The Kier molecular flexibility index (Phi) is 4.56. The zero-order chi connectivity index (χ0) is 15.6. The van der Waals surface area contributed by atoms with E-state index in [-0.39, 0.29) is 11.3 Å². The van der Waals surface area contributed by atoms with Crippen molar-refractivity contribution in [3.63, 3.8) is 0 Å². The first-order valence-electron chi connectivity index (χ1n) is 7.06. The van der Waals surface area contributed by atoms with E-state index < -0.39 is 5.97 Å².